The molecule has 0 N–H and O–H groups in total. The van der Waals surface area contributed by atoms with E-state index in [1.807, 2.05) is 12.1 Å². The van der Waals surface area contributed by atoms with Gasteiger partial charge < -0.3 is 18.9 Å². The number of carbonyl (C=O) groups excluding carboxylic acids is 1. The van der Waals surface area contributed by atoms with Crippen molar-refractivity contribution in [2.24, 2.45) is 0 Å². The molecule has 1 aromatic carbocycles. The van der Waals surface area contributed by atoms with E-state index >= 15 is 0 Å². The number of carbonyl (C=O) groups is 1. The Kier molecular flexibility index (Phi) is 7.21. The molecule has 5 nitrogen and oxygen atoms in total. The summed E-state index contributed by atoms with van der Waals surface area (Å²) in [6.07, 6.45) is 0.966. The molecule has 0 aliphatic rings. The molecule has 0 aromatic heterocycles. The summed E-state index contributed by atoms with van der Waals surface area (Å²) in [5.74, 6) is 0.832. The zero-order valence-corrected chi connectivity index (χ0v) is 11.8. The molecule has 0 heterocycles. The summed E-state index contributed by atoms with van der Waals surface area (Å²) in [5.41, 5.74) is 0. The number of rotatable bonds is 9. The monoisotopic (exact) mass is 280 g/mol. The average molecular weight is 280 g/mol. The summed E-state index contributed by atoms with van der Waals surface area (Å²) < 4.78 is 20.8. The number of methoxy groups -OCH3 is 1. The van der Waals surface area contributed by atoms with E-state index in [9.17, 15) is 4.79 Å². The number of ether oxygens (including phenoxy) is 4. The van der Waals surface area contributed by atoms with Crippen LogP contribution in [0, 0.1) is 0 Å². The molecule has 20 heavy (non-hydrogen) atoms. The van der Waals surface area contributed by atoms with E-state index in [-0.39, 0.29) is 13.2 Å². The van der Waals surface area contributed by atoms with Crippen LogP contribution in [0.25, 0.3) is 0 Å². The van der Waals surface area contributed by atoms with Crippen LogP contribution < -0.4 is 9.47 Å². The van der Waals surface area contributed by atoms with Gasteiger partial charge in [0.2, 0.25) is 0 Å². The van der Waals surface area contributed by atoms with Crippen molar-refractivity contribution in [2.75, 3.05) is 26.9 Å². The minimum absolute atomic E-state index is 0.151. The number of hydrogen-bond donors (Lipinski definition) is 0. The Morgan fingerprint density at radius 2 is 2.00 bits per heavy atom. The fourth-order valence-electron chi connectivity index (χ4n) is 1.43. The maximum Gasteiger partial charge on any atom is 0.335 e. The minimum Gasteiger partial charge on any atom is -0.493 e. The van der Waals surface area contributed by atoms with Gasteiger partial charge in [-0.2, -0.15) is 0 Å². The lowest BCUT2D eigenvalue weighted by molar-refractivity contribution is -0.156. The van der Waals surface area contributed by atoms with E-state index < -0.39 is 12.1 Å². The van der Waals surface area contributed by atoms with E-state index in [4.69, 9.17) is 18.9 Å². The van der Waals surface area contributed by atoms with Gasteiger partial charge in [-0.1, -0.05) is 18.2 Å². The van der Waals surface area contributed by atoms with Crippen LogP contribution in [-0.4, -0.2) is 39.0 Å². The lowest BCUT2D eigenvalue weighted by Crippen LogP contribution is -2.25. The largest absolute Gasteiger partial charge is 0.493 e. The Balaban J connectivity index is 2.27. The van der Waals surface area contributed by atoms with Gasteiger partial charge in [0.1, 0.15) is 13.2 Å². The van der Waals surface area contributed by atoms with Crippen molar-refractivity contribution < 1.29 is 23.7 Å². The molecule has 0 radical (unpaired) electrons. The number of esters is 1. The van der Waals surface area contributed by atoms with Crippen molar-refractivity contribution in [1.82, 2.24) is 0 Å². The van der Waals surface area contributed by atoms with E-state index in [2.05, 4.69) is 6.58 Å². The summed E-state index contributed by atoms with van der Waals surface area (Å²) >= 11 is 0. The molecule has 0 bridgehead atoms. The normalized spacial score (nSPS) is 11.5. The van der Waals surface area contributed by atoms with E-state index in [0.717, 1.165) is 0 Å². The summed E-state index contributed by atoms with van der Waals surface area (Å²) in [6, 6.07) is 7.28. The van der Waals surface area contributed by atoms with Gasteiger partial charge >= 0.3 is 5.97 Å². The highest BCUT2D eigenvalue weighted by atomic mass is 16.6. The Labute approximate surface area is 119 Å². The molecule has 1 unspecified atom stereocenters. The zero-order chi connectivity index (χ0) is 14.8. The molecule has 0 amide bonds. The first kappa shape index (κ1) is 16.0. The predicted octanol–water partition coefficient (Wildman–Crippen LogP) is 2.21. The van der Waals surface area contributed by atoms with E-state index in [1.165, 1.54) is 0 Å². The number of para-hydroxylation sites is 2. The third kappa shape index (κ3) is 5.32. The molecule has 0 saturated heterocycles. The highest BCUT2D eigenvalue weighted by Crippen LogP contribution is 2.25. The summed E-state index contributed by atoms with van der Waals surface area (Å²) in [5, 5.41) is 0. The van der Waals surface area contributed by atoms with Gasteiger partial charge in [-0.05, 0) is 19.1 Å². The molecule has 0 aliphatic carbocycles. The predicted molar refractivity (Wildman–Crippen MR) is 75.1 cm³/mol. The van der Waals surface area contributed by atoms with Crippen molar-refractivity contribution >= 4 is 5.97 Å². The van der Waals surface area contributed by atoms with Crippen LogP contribution in [-0.2, 0) is 14.3 Å². The van der Waals surface area contributed by atoms with Crippen LogP contribution in [0.2, 0.25) is 0 Å². The van der Waals surface area contributed by atoms with E-state index in [0.29, 0.717) is 18.1 Å². The molecule has 1 rings (SSSR count). The van der Waals surface area contributed by atoms with Crippen molar-refractivity contribution in [3.05, 3.63) is 36.9 Å². The van der Waals surface area contributed by atoms with Gasteiger partial charge in [0.15, 0.2) is 17.6 Å². The number of hydrogen-bond acceptors (Lipinski definition) is 5. The Bertz CT molecular complexity index is 430. The first-order valence-electron chi connectivity index (χ1n) is 6.34. The van der Waals surface area contributed by atoms with Crippen LogP contribution in [0.15, 0.2) is 36.9 Å². The summed E-state index contributed by atoms with van der Waals surface area (Å²) in [6.45, 7) is 5.86. The highest BCUT2D eigenvalue weighted by molar-refractivity contribution is 5.74. The Hall–Kier alpha value is -2.01. The number of benzene rings is 1. The van der Waals surface area contributed by atoms with Crippen molar-refractivity contribution in [3.8, 4) is 11.5 Å². The summed E-state index contributed by atoms with van der Waals surface area (Å²) in [4.78, 5) is 11.5. The van der Waals surface area contributed by atoms with Crippen LogP contribution in [0.1, 0.15) is 6.92 Å². The first-order valence-corrected chi connectivity index (χ1v) is 6.34. The third-order valence-corrected chi connectivity index (χ3v) is 2.45. The smallest absolute Gasteiger partial charge is 0.335 e. The summed E-state index contributed by atoms with van der Waals surface area (Å²) in [7, 11) is 1.57. The molecular formula is C15H20O5. The molecule has 5 heteroatoms. The Morgan fingerprint density at radius 1 is 1.30 bits per heavy atom. The fraction of sp³-hybridized carbons (Fsp3) is 0.400. The SMILES string of the molecule is C=CCOC(C)C(=O)OCCOc1ccccc1OC. The minimum atomic E-state index is -0.612. The second-order valence-electron chi connectivity index (χ2n) is 3.93. The molecular weight excluding hydrogens is 260 g/mol. The van der Waals surface area contributed by atoms with Gasteiger partial charge in [0, 0.05) is 0 Å². The molecule has 0 fully saturated rings. The molecule has 1 aromatic rings. The zero-order valence-electron chi connectivity index (χ0n) is 11.8. The maximum atomic E-state index is 11.5. The molecule has 0 saturated carbocycles. The second kappa shape index (κ2) is 8.98. The van der Waals surface area contributed by atoms with Crippen LogP contribution in [0.5, 0.6) is 11.5 Å². The van der Waals surface area contributed by atoms with Gasteiger partial charge in [0.05, 0.1) is 13.7 Å². The topological polar surface area (TPSA) is 54.0 Å². The van der Waals surface area contributed by atoms with Crippen LogP contribution >= 0.6 is 0 Å². The quantitative estimate of drug-likeness (QED) is 0.394. The Morgan fingerprint density at radius 3 is 2.65 bits per heavy atom. The lowest BCUT2D eigenvalue weighted by atomic mass is 10.3. The first-order chi connectivity index (χ1) is 9.69. The molecule has 0 aliphatic heterocycles. The van der Waals surface area contributed by atoms with Crippen molar-refractivity contribution in [3.63, 3.8) is 0 Å². The van der Waals surface area contributed by atoms with Crippen LogP contribution in [0.4, 0.5) is 0 Å². The highest BCUT2D eigenvalue weighted by Gasteiger charge is 2.14. The lowest BCUT2D eigenvalue weighted by Gasteiger charge is -2.13. The molecule has 110 valence electrons. The molecule has 0 spiro atoms. The maximum absolute atomic E-state index is 11.5. The van der Waals surface area contributed by atoms with Crippen molar-refractivity contribution in [2.45, 2.75) is 13.0 Å². The van der Waals surface area contributed by atoms with Gasteiger partial charge in [-0.25, -0.2) is 4.79 Å². The van der Waals surface area contributed by atoms with Gasteiger partial charge in [-0.15, -0.1) is 6.58 Å². The van der Waals surface area contributed by atoms with Gasteiger partial charge in [-0.3, -0.25) is 0 Å². The van der Waals surface area contributed by atoms with Crippen LogP contribution in [0.3, 0.4) is 0 Å². The standard InChI is InChI=1S/C15H20O5/c1-4-9-18-12(2)15(16)20-11-10-19-14-8-6-5-7-13(14)17-3/h4-8,12H,1,9-11H2,2-3H3. The van der Waals surface area contributed by atoms with Crippen molar-refractivity contribution in [1.29, 1.82) is 0 Å². The van der Waals surface area contributed by atoms with Gasteiger partial charge in [0.25, 0.3) is 0 Å². The molecule has 1 atom stereocenters. The third-order valence-electron chi connectivity index (χ3n) is 2.45. The second-order valence-corrected chi connectivity index (χ2v) is 3.93. The average Bonchev–Trinajstić information content (AvgIpc) is 2.49. The fourth-order valence-corrected chi connectivity index (χ4v) is 1.43. The van der Waals surface area contributed by atoms with E-state index in [1.54, 1.807) is 32.2 Å².